The number of nitrogens with zero attached hydrogens (tertiary/aromatic N) is 1. The Morgan fingerprint density at radius 3 is 2.05 bits per heavy atom. The number of amides is 1. The fourth-order valence-corrected chi connectivity index (χ4v) is 2.07. The summed E-state index contributed by atoms with van der Waals surface area (Å²) >= 11 is 0. The topological polar surface area (TPSA) is 57.6 Å². The molecule has 0 radical (unpaired) electrons. The van der Waals surface area contributed by atoms with Gasteiger partial charge in [0.15, 0.2) is 0 Å². The van der Waals surface area contributed by atoms with Crippen molar-refractivity contribution in [3.05, 3.63) is 35.4 Å². The Kier molecular flexibility index (Phi) is 4.93. The molecule has 1 amide bonds. The van der Waals surface area contributed by atoms with Gasteiger partial charge < -0.3 is 10.0 Å². The molecule has 0 saturated carbocycles. The Hall–Kier alpha value is -1.84. The number of carbonyl (C=O) groups is 2. The van der Waals surface area contributed by atoms with Crippen LogP contribution in [0.25, 0.3) is 0 Å². The lowest BCUT2D eigenvalue weighted by Gasteiger charge is -2.24. The Labute approximate surface area is 120 Å². The van der Waals surface area contributed by atoms with Crippen molar-refractivity contribution in [3.8, 4) is 0 Å². The van der Waals surface area contributed by atoms with E-state index in [1.54, 1.807) is 19.1 Å². The highest BCUT2D eigenvalue weighted by Crippen LogP contribution is 2.22. The van der Waals surface area contributed by atoms with Crippen molar-refractivity contribution >= 4 is 11.9 Å². The van der Waals surface area contributed by atoms with Crippen LogP contribution in [0.3, 0.4) is 0 Å². The molecule has 0 aliphatic heterocycles. The molecule has 1 aromatic carbocycles. The highest BCUT2D eigenvalue weighted by atomic mass is 16.4. The first-order chi connectivity index (χ1) is 9.18. The number of benzene rings is 1. The summed E-state index contributed by atoms with van der Waals surface area (Å²) in [5.41, 5.74) is 1.68. The smallest absolute Gasteiger partial charge is 0.326 e. The lowest BCUT2D eigenvalue weighted by atomic mass is 9.86. The summed E-state index contributed by atoms with van der Waals surface area (Å²) in [6.07, 6.45) is 0.387. The number of aliphatic carboxylic acids is 1. The fourth-order valence-electron chi connectivity index (χ4n) is 2.07. The molecule has 0 aromatic heterocycles. The summed E-state index contributed by atoms with van der Waals surface area (Å²) in [6.45, 7) is 8.07. The molecule has 0 bridgehead atoms. The molecule has 1 rings (SSSR count). The van der Waals surface area contributed by atoms with Gasteiger partial charge in [0.2, 0.25) is 0 Å². The molecule has 4 heteroatoms. The number of carbonyl (C=O) groups excluding carboxylic acids is 1. The van der Waals surface area contributed by atoms with Crippen molar-refractivity contribution in [1.82, 2.24) is 4.90 Å². The maximum atomic E-state index is 12.3. The Morgan fingerprint density at radius 2 is 1.70 bits per heavy atom. The number of carboxylic acids is 1. The highest BCUT2D eigenvalue weighted by molar-refractivity contribution is 5.96. The van der Waals surface area contributed by atoms with Crippen LogP contribution < -0.4 is 0 Å². The Morgan fingerprint density at radius 1 is 1.20 bits per heavy atom. The SMILES string of the molecule is CCC(C(=O)O)N(C)C(=O)c1ccc(C(C)(C)C)cc1. The second kappa shape index (κ2) is 6.07. The summed E-state index contributed by atoms with van der Waals surface area (Å²) in [5, 5.41) is 9.10. The first-order valence-electron chi connectivity index (χ1n) is 6.79. The molecule has 0 saturated heterocycles. The predicted octanol–water partition coefficient (Wildman–Crippen LogP) is 2.92. The van der Waals surface area contributed by atoms with E-state index in [2.05, 4.69) is 20.8 Å². The van der Waals surface area contributed by atoms with Crippen LogP contribution in [-0.4, -0.2) is 35.0 Å². The predicted molar refractivity (Wildman–Crippen MR) is 79.0 cm³/mol. The zero-order chi connectivity index (χ0) is 15.5. The molecule has 1 atom stereocenters. The van der Waals surface area contributed by atoms with Crippen molar-refractivity contribution < 1.29 is 14.7 Å². The van der Waals surface area contributed by atoms with Crippen LogP contribution in [0, 0.1) is 0 Å². The maximum Gasteiger partial charge on any atom is 0.326 e. The third-order valence-corrected chi connectivity index (χ3v) is 3.46. The van der Waals surface area contributed by atoms with Crippen LogP contribution in [0.4, 0.5) is 0 Å². The maximum absolute atomic E-state index is 12.3. The number of rotatable bonds is 4. The molecule has 0 spiro atoms. The quantitative estimate of drug-likeness (QED) is 0.920. The summed E-state index contributed by atoms with van der Waals surface area (Å²) < 4.78 is 0. The average Bonchev–Trinajstić information content (AvgIpc) is 2.37. The molecule has 0 aliphatic rings. The van der Waals surface area contributed by atoms with Crippen LogP contribution in [0.15, 0.2) is 24.3 Å². The molecule has 20 heavy (non-hydrogen) atoms. The first-order valence-corrected chi connectivity index (χ1v) is 6.79. The normalized spacial score (nSPS) is 12.8. The molecule has 4 nitrogen and oxygen atoms in total. The van der Waals surface area contributed by atoms with E-state index in [1.807, 2.05) is 12.1 Å². The standard InChI is InChI=1S/C16H23NO3/c1-6-13(15(19)20)17(5)14(18)11-7-9-12(10-8-11)16(2,3)4/h7-10,13H,6H2,1-5H3,(H,19,20). The van der Waals surface area contributed by atoms with Crippen molar-refractivity contribution in [2.24, 2.45) is 0 Å². The van der Waals surface area contributed by atoms with E-state index in [0.29, 0.717) is 12.0 Å². The van der Waals surface area contributed by atoms with Gasteiger partial charge in [0.25, 0.3) is 5.91 Å². The minimum Gasteiger partial charge on any atom is -0.480 e. The van der Waals surface area contributed by atoms with Gasteiger partial charge in [-0.05, 0) is 29.5 Å². The van der Waals surface area contributed by atoms with Crippen molar-refractivity contribution in [2.45, 2.75) is 45.6 Å². The fraction of sp³-hybridized carbons (Fsp3) is 0.500. The Balaban J connectivity index is 2.95. The van der Waals surface area contributed by atoms with Crippen molar-refractivity contribution in [3.63, 3.8) is 0 Å². The van der Waals surface area contributed by atoms with Gasteiger partial charge in [-0.25, -0.2) is 4.79 Å². The largest absolute Gasteiger partial charge is 0.480 e. The third-order valence-electron chi connectivity index (χ3n) is 3.46. The number of likely N-dealkylation sites (N-methyl/N-ethyl adjacent to an activating group) is 1. The van der Waals surface area contributed by atoms with E-state index in [0.717, 1.165) is 5.56 Å². The Bertz CT molecular complexity index is 485. The van der Waals surface area contributed by atoms with Crippen LogP contribution in [-0.2, 0) is 10.2 Å². The van der Waals surface area contributed by atoms with Gasteiger partial charge in [0.05, 0.1) is 0 Å². The van der Waals surface area contributed by atoms with Crippen LogP contribution in [0.5, 0.6) is 0 Å². The summed E-state index contributed by atoms with van der Waals surface area (Å²) in [4.78, 5) is 24.7. The summed E-state index contributed by atoms with van der Waals surface area (Å²) in [7, 11) is 1.53. The van der Waals surface area contributed by atoms with Gasteiger partial charge >= 0.3 is 5.97 Å². The van der Waals surface area contributed by atoms with Gasteiger partial charge in [-0.15, -0.1) is 0 Å². The number of hydrogen-bond acceptors (Lipinski definition) is 2. The van der Waals surface area contributed by atoms with Crippen LogP contribution in [0.2, 0.25) is 0 Å². The molecular weight excluding hydrogens is 254 g/mol. The molecular formula is C16H23NO3. The molecule has 1 N–H and O–H groups in total. The van der Waals surface area contributed by atoms with E-state index in [1.165, 1.54) is 11.9 Å². The second-order valence-corrected chi connectivity index (χ2v) is 6.01. The molecule has 0 aliphatic carbocycles. The van der Waals surface area contributed by atoms with E-state index in [4.69, 9.17) is 5.11 Å². The average molecular weight is 277 g/mol. The molecule has 1 unspecified atom stereocenters. The van der Waals surface area contributed by atoms with E-state index < -0.39 is 12.0 Å². The minimum atomic E-state index is -0.977. The number of hydrogen-bond donors (Lipinski definition) is 1. The van der Waals surface area contributed by atoms with Crippen LogP contribution in [0.1, 0.15) is 50.0 Å². The monoisotopic (exact) mass is 277 g/mol. The van der Waals surface area contributed by atoms with Crippen LogP contribution >= 0.6 is 0 Å². The summed E-state index contributed by atoms with van der Waals surface area (Å²) in [5.74, 6) is -1.24. The highest BCUT2D eigenvalue weighted by Gasteiger charge is 2.25. The van der Waals surface area contributed by atoms with E-state index in [-0.39, 0.29) is 11.3 Å². The zero-order valence-electron chi connectivity index (χ0n) is 12.8. The molecule has 0 fully saturated rings. The molecule has 0 heterocycles. The third kappa shape index (κ3) is 3.59. The molecule has 1 aromatic rings. The second-order valence-electron chi connectivity index (χ2n) is 6.01. The molecule has 110 valence electrons. The van der Waals surface area contributed by atoms with Gasteiger partial charge in [-0.3, -0.25) is 4.79 Å². The van der Waals surface area contributed by atoms with E-state index in [9.17, 15) is 9.59 Å². The van der Waals surface area contributed by atoms with Gasteiger partial charge in [-0.2, -0.15) is 0 Å². The number of carboxylic acid groups (broad SMARTS) is 1. The van der Waals surface area contributed by atoms with Crippen molar-refractivity contribution in [1.29, 1.82) is 0 Å². The first kappa shape index (κ1) is 16.2. The lowest BCUT2D eigenvalue weighted by molar-refractivity contribution is -0.142. The lowest BCUT2D eigenvalue weighted by Crippen LogP contribution is -2.41. The zero-order valence-corrected chi connectivity index (χ0v) is 12.8. The summed E-state index contributed by atoms with van der Waals surface area (Å²) in [6, 6.07) is 6.57. The van der Waals surface area contributed by atoms with Crippen molar-refractivity contribution in [2.75, 3.05) is 7.05 Å². The van der Waals surface area contributed by atoms with Gasteiger partial charge in [-0.1, -0.05) is 39.8 Å². The van der Waals surface area contributed by atoms with Gasteiger partial charge in [0, 0.05) is 12.6 Å². The van der Waals surface area contributed by atoms with Gasteiger partial charge in [0.1, 0.15) is 6.04 Å². The minimum absolute atomic E-state index is 0.0283. The van der Waals surface area contributed by atoms with E-state index >= 15 is 0 Å².